The fourth-order valence-corrected chi connectivity index (χ4v) is 6.78. The number of benzene rings is 3. The number of anilines is 2. The molecule has 0 aromatic heterocycles. The van der Waals surface area contributed by atoms with Crippen LogP contribution in [0.5, 0.6) is 11.5 Å². The van der Waals surface area contributed by atoms with Crippen LogP contribution in [0, 0.1) is 11.8 Å². The average molecular weight is 569 g/mol. The number of nitrogens with zero attached hydrogens (tertiary/aromatic N) is 2. The molecule has 6 nitrogen and oxygen atoms in total. The first-order valence-electron chi connectivity index (χ1n) is 15.8. The van der Waals surface area contributed by atoms with Crippen LogP contribution in [0.25, 0.3) is 11.1 Å². The van der Waals surface area contributed by atoms with E-state index in [9.17, 15) is 9.90 Å². The predicted octanol–water partition coefficient (Wildman–Crippen LogP) is 7.62. The first-order chi connectivity index (χ1) is 20.6. The summed E-state index contributed by atoms with van der Waals surface area (Å²) in [4.78, 5) is 16.4. The van der Waals surface area contributed by atoms with Gasteiger partial charge in [0.25, 0.3) is 0 Å². The van der Waals surface area contributed by atoms with Crippen molar-refractivity contribution in [3.8, 4) is 22.6 Å². The maximum atomic E-state index is 11.4. The van der Waals surface area contributed by atoms with Crippen molar-refractivity contribution < 1.29 is 19.4 Å². The maximum Gasteiger partial charge on any atom is 0.303 e. The van der Waals surface area contributed by atoms with Crippen LogP contribution < -0.4 is 19.3 Å². The molecule has 1 aliphatic carbocycles. The molecule has 222 valence electrons. The van der Waals surface area contributed by atoms with E-state index in [1.165, 1.54) is 41.8 Å². The van der Waals surface area contributed by atoms with Crippen LogP contribution in [0.2, 0.25) is 0 Å². The predicted molar refractivity (Wildman–Crippen MR) is 169 cm³/mol. The molecule has 42 heavy (non-hydrogen) atoms. The molecule has 0 bridgehead atoms. The molecule has 2 saturated heterocycles. The van der Waals surface area contributed by atoms with Crippen LogP contribution in [0.4, 0.5) is 11.4 Å². The van der Waals surface area contributed by atoms with Crippen molar-refractivity contribution in [2.45, 2.75) is 57.3 Å². The van der Waals surface area contributed by atoms with Gasteiger partial charge < -0.3 is 24.4 Å². The number of carbonyl (C=O) groups is 1. The molecule has 0 spiro atoms. The lowest BCUT2D eigenvalue weighted by atomic mass is 9.91. The van der Waals surface area contributed by atoms with Crippen LogP contribution in [0.3, 0.4) is 0 Å². The summed E-state index contributed by atoms with van der Waals surface area (Å²) in [5, 5.41) is 9.40. The van der Waals surface area contributed by atoms with E-state index in [-0.39, 0.29) is 12.3 Å². The third kappa shape index (κ3) is 6.86. The Morgan fingerprint density at radius 2 is 1.62 bits per heavy atom. The van der Waals surface area contributed by atoms with E-state index in [1.807, 2.05) is 12.1 Å². The van der Waals surface area contributed by atoms with Crippen molar-refractivity contribution in [3.63, 3.8) is 0 Å². The third-order valence-corrected chi connectivity index (χ3v) is 9.42. The van der Waals surface area contributed by atoms with Crippen molar-refractivity contribution in [2.75, 3.05) is 49.7 Å². The molecule has 6 heteroatoms. The molecule has 1 N–H and O–H groups in total. The van der Waals surface area contributed by atoms with E-state index in [0.29, 0.717) is 18.4 Å². The highest BCUT2D eigenvalue weighted by atomic mass is 16.5. The summed E-state index contributed by atoms with van der Waals surface area (Å²) in [6, 6.07) is 23.7. The first kappa shape index (κ1) is 28.4. The molecule has 2 aliphatic heterocycles. The van der Waals surface area contributed by atoms with Crippen molar-refractivity contribution in [1.29, 1.82) is 0 Å². The smallest absolute Gasteiger partial charge is 0.303 e. The van der Waals surface area contributed by atoms with Gasteiger partial charge in [-0.1, -0.05) is 24.3 Å². The van der Waals surface area contributed by atoms with E-state index in [1.54, 1.807) is 7.11 Å². The van der Waals surface area contributed by atoms with Crippen LogP contribution in [0.15, 0.2) is 66.7 Å². The number of hydrogen-bond donors (Lipinski definition) is 1. The normalized spacial score (nSPS) is 18.5. The zero-order valence-electron chi connectivity index (χ0n) is 24.8. The van der Waals surface area contributed by atoms with Crippen LogP contribution >= 0.6 is 0 Å². The van der Waals surface area contributed by atoms with Gasteiger partial charge >= 0.3 is 5.97 Å². The summed E-state index contributed by atoms with van der Waals surface area (Å²) < 4.78 is 11.9. The van der Waals surface area contributed by atoms with Gasteiger partial charge in [0, 0.05) is 49.2 Å². The molecule has 1 saturated carbocycles. The van der Waals surface area contributed by atoms with E-state index >= 15 is 0 Å². The van der Waals surface area contributed by atoms with Crippen molar-refractivity contribution in [2.24, 2.45) is 11.8 Å². The van der Waals surface area contributed by atoms with Gasteiger partial charge in [-0.3, -0.25) is 4.79 Å². The average Bonchev–Trinajstić information content (AvgIpc) is 3.89. The highest BCUT2D eigenvalue weighted by Gasteiger charge is 2.34. The minimum absolute atomic E-state index is 0.0901. The molecule has 1 unspecified atom stereocenters. The quantitative estimate of drug-likeness (QED) is 0.257. The number of hydrogen-bond acceptors (Lipinski definition) is 5. The summed E-state index contributed by atoms with van der Waals surface area (Å²) in [6.07, 6.45) is 8.48. The monoisotopic (exact) mass is 568 g/mol. The molecule has 2 heterocycles. The standard InChI is InChI=1S/C36H44N2O4/c1-41-31-14-15-33(27-10-12-30(13-11-27)37-18-3-2-4-19-37)35(23-31)38-20-16-26(17-21-38)25-42-32-7-5-6-29(22-32)34(24-36(39)40)28-8-9-28/h5-7,10-15,22-23,26,28,34H,2-4,8-9,16-21,24-25H2,1H3,(H,39,40). The Balaban J connectivity index is 1.09. The SMILES string of the molecule is COc1ccc(-c2ccc(N3CCCCC3)cc2)c(N2CCC(COc3cccc(C(CC(=O)O)C4CC4)c3)CC2)c1. The number of piperidine rings is 2. The maximum absolute atomic E-state index is 11.4. The number of methoxy groups -OCH3 is 1. The van der Waals surface area contributed by atoms with Gasteiger partial charge in [0.15, 0.2) is 0 Å². The minimum atomic E-state index is -0.723. The van der Waals surface area contributed by atoms with E-state index in [2.05, 4.69) is 64.4 Å². The van der Waals surface area contributed by atoms with Gasteiger partial charge in [0.2, 0.25) is 0 Å². The molecule has 0 radical (unpaired) electrons. The lowest BCUT2D eigenvalue weighted by Crippen LogP contribution is -2.35. The highest BCUT2D eigenvalue weighted by molar-refractivity contribution is 5.81. The Morgan fingerprint density at radius 1 is 0.857 bits per heavy atom. The van der Waals surface area contributed by atoms with Crippen LogP contribution in [-0.2, 0) is 4.79 Å². The summed E-state index contributed by atoms with van der Waals surface area (Å²) >= 11 is 0. The Morgan fingerprint density at radius 3 is 2.31 bits per heavy atom. The Hall–Kier alpha value is -3.67. The Labute approximate surface area is 250 Å². The second-order valence-corrected chi connectivity index (χ2v) is 12.3. The van der Waals surface area contributed by atoms with Gasteiger partial charge in [-0.25, -0.2) is 0 Å². The summed E-state index contributed by atoms with van der Waals surface area (Å²) in [7, 11) is 1.74. The molecule has 0 amide bonds. The largest absolute Gasteiger partial charge is 0.497 e. The summed E-state index contributed by atoms with van der Waals surface area (Å²) in [6.45, 7) is 4.95. The summed E-state index contributed by atoms with van der Waals surface area (Å²) in [5.74, 6) is 2.09. The van der Waals surface area contributed by atoms with E-state index in [0.717, 1.165) is 68.9 Å². The lowest BCUT2D eigenvalue weighted by molar-refractivity contribution is -0.137. The Bertz CT molecular complexity index is 1340. The molecular formula is C36H44N2O4. The second kappa shape index (κ2) is 13.1. The molecular weight excluding hydrogens is 524 g/mol. The third-order valence-electron chi connectivity index (χ3n) is 9.42. The van der Waals surface area contributed by atoms with Gasteiger partial charge in [-0.15, -0.1) is 0 Å². The minimum Gasteiger partial charge on any atom is -0.497 e. The molecule has 1 atom stereocenters. The number of carboxylic acids is 1. The van der Waals surface area contributed by atoms with Crippen LogP contribution in [-0.4, -0.2) is 51.0 Å². The van der Waals surface area contributed by atoms with Crippen molar-refractivity contribution >= 4 is 17.3 Å². The fraction of sp³-hybridized carbons (Fsp3) is 0.472. The lowest BCUT2D eigenvalue weighted by Gasteiger charge is -2.35. The summed E-state index contributed by atoms with van der Waals surface area (Å²) in [5.41, 5.74) is 6.15. The Kier molecular flexibility index (Phi) is 8.87. The number of aliphatic carboxylic acids is 1. The zero-order valence-corrected chi connectivity index (χ0v) is 24.8. The molecule has 3 aromatic carbocycles. The molecule has 3 aliphatic rings. The van der Waals surface area contributed by atoms with Gasteiger partial charge in [-0.2, -0.15) is 0 Å². The number of carboxylic acid groups (broad SMARTS) is 1. The molecule has 6 rings (SSSR count). The highest BCUT2D eigenvalue weighted by Crippen LogP contribution is 2.45. The molecule has 3 aromatic rings. The topological polar surface area (TPSA) is 62.2 Å². The van der Waals surface area contributed by atoms with Gasteiger partial charge in [0.1, 0.15) is 11.5 Å². The van der Waals surface area contributed by atoms with Crippen molar-refractivity contribution in [1.82, 2.24) is 0 Å². The second-order valence-electron chi connectivity index (χ2n) is 12.3. The van der Waals surface area contributed by atoms with E-state index in [4.69, 9.17) is 9.47 Å². The number of ether oxygens (including phenoxy) is 2. The van der Waals surface area contributed by atoms with Gasteiger partial charge in [-0.05, 0) is 110 Å². The van der Waals surface area contributed by atoms with E-state index < -0.39 is 5.97 Å². The zero-order chi connectivity index (χ0) is 28.9. The number of rotatable bonds is 11. The van der Waals surface area contributed by atoms with Gasteiger partial charge in [0.05, 0.1) is 20.1 Å². The van der Waals surface area contributed by atoms with Crippen LogP contribution in [0.1, 0.15) is 62.8 Å². The first-order valence-corrected chi connectivity index (χ1v) is 15.8. The fourth-order valence-electron chi connectivity index (χ4n) is 6.78. The molecule has 3 fully saturated rings. The van der Waals surface area contributed by atoms with Crippen molar-refractivity contribution in [3.05, 3.63) is 72.3 Å².